The molecule has 1 aromatic rings. The largest absolute Gasteiger partial charge is 0.375 e. The van der Waals surface area contributed by atoms with Gasteiger partial charge in [-0.2, -0.15) is 0 Å². The number of ether oxygens (including phenoxy) is 1. The van der Waals surface area contributed by atoms with Crippen molar-refractivity contribution < 1.29 is 9.53 Å². The van der Waals surface area contributed by atoms with Gasteiger partial charge in [-0.1, -0.05) is 23.7 Å². The van der Waals surface area contributed by atoms with E-state index in [1.807, 2.05) is 12.1 Å². The van der Waals surface area contributed by atoms with Crippen LogP contribution in [-0.2, 0) is 9.53 Å². The molecular weight excluding hydrogens is 284 g/mol. The van der Waals surface area contributed by atoms with Gasteiger partial charge >= 0.3 is 0 Å². The first-order valence-corrected chi connectivity index (χ1v) is 6.71. The lowest BCUT2D eigenvalue weighted by Gasteiger charge is -2.22. The lowest BCUT2D eigenvalue weighted by Crippen LogP contribution is -2.35. The van der Waals surface area contributed by atoms with Crippen LogP contribution in [0.1, 0.15) is 18.6 Å². The summed E-state index contributed by atoms with van der Waals surface area (Å²) in [5.41, 5.74) is 0.960. The topological polar surface area (TPSA) is 41.6 Å². The first kappa shape index (κ1) is 14.2. The summed E-state index contributed by atoms with van der Waals surface area (Å²) in [6, 6.07) is 7.10. The maximum absolute atomic E-state index is 12.0. The Kier molecular flexibility index (Phi) is 4.39. The van der Waals surface area contributed by atoms with Crippen molar-refractivity contribution in [2.45, 2.75) is 19.1 Å². The molecule has 4 nitrogen and oxygen atoms in total. The van der Waals surface area contributed by atoms with E-state index in [4.69, 9.17) is 28.6 Å². The molecule has 0 aliphatic carbocycles. The molecule has 6 heteroatoms. The van der Waals surface area contributed by atoms with Crippen LogP contribution >= 0.6 is 23.8 Å². The van der Waals surface area contributed by atoms with E-state index in [1.54, 1.807) is 31.1 Å². The Labute approximate surface area is 122 Å². The minimum atomic E-state index is -0.268. The van der Waals surface area contributed by atoms with Gasteiger partial charge in [0, 0.05) is 12.1 Å². The van der Waals surface area contributed by atoms with Crippen LogP contribution in [-0.4, -0.2) is 35.6 Å². The smallest absolute Gasteiger partial charge is 0.251 e. The zero-order valence-electron chi connectivity index (χ0n) is 10.7. The third kappa shape index (κ3) is 3.05. The van der Waals surface area contributed by atoms with Crippen LogP contribution in [0.15, 0.2) is 24.3 Å². The van der Waals surface area contributed by atoms with Crippen LogP contribution < -0.4 is 5.32 Å². The molecule has 1 aliphatic heterocycles. The predicted octanol–water partition coefficient (Wildman–Crippen LogP) is 2.13. The van der Waals surface area contributed by atoms with Crippen LogP contribution in [0.4, 0.5) is 0 Å². The van der Waals surface area contributed by atoms with Crippen LogP contribution in [0.25, 0.3) is 0 Å². The zero-order chi connectivity index (χ0) is 14.0. The van der Waals surface area contributed by atoms with Gasteiger partial charge in [0.1, 0.15) is 12.1 Å². The van der Waals surface area contributed by atoms with Crippen molar-refractivity contribution in [2.75, 3.05) is 13.7 Å². The number of hydrogen-bond acceptors (Lipinski definition) is 3. The van der Waals surface area contributed by atoms with E-state index in [0.29, 0.717) is 16.7 Å². The normalized spacial score (nSPS) is 20.6. The number of rotatable bonds is 4. The second-order valence-electron chi connectivity index (χ2n) is 4.40. The quantitative estimate of drug-likeness (QED) is 0.865. The average molecular weight is 299 g/mol. The lowest BCUT2D eigenvalue weighted by atomic mass is 10.1. The maximum atomic E-state index is 12.0. The molecule has 2 atom stereocenters. The highest BCUT2D eigenvalue weighted by molar-refractivity contribution is 7.80. The summed E-state index contributed by atoms with van der Waals surface area (Å²) >= 11 is 11.0. The number of nitrogens with one attached hydrogen (secondary N) is 1. The number of nitrogens with zero attached hydrogens (tertiary/aromatic N) is 1. The van der Waals surface area contributed by atoms with Crippen molar-refractivity contribution >= 4 is 34.8 Å². The van der Waals surface area contributed by atoms with Crippen LogP contribution in [0.3, 0.4) is 0 Å². The number of carbonyl (C=O) groups excluding carboxylic acids is 1. The van der Waals surface area contributed by atoms with E-state index in [2.05, 4.69) is 5.32 Å². The minimum Gasteiger partial charge on any atom is -0.375 e. The molecule has 1 aliphatic rings. The summed E-state index contributed by atoms with van der Waals surface area (Å²) in [7, 11) is 1.61. The summed E-state index contributed by atoms with van der Waals surface area (Å²) in [5, 5.41) is 4.06. The van der Waals surface area contributed by atoms with E-state index >= 15 is 0 Å². The summed E-state index contributed by atoms with van der Waals surface area (Å²) in [6.07, 6.45) is -0.230. The number of halogens is 1. The van der Waals surface area contributed by atoms with E-state index in [1.165, 1.54) is 0 Å². The molecule has 102 valence electrons. The van der Waals surface area contributed by atoms with E-state index < -0.39 is 0 Å². The number of thiocarbonyl (C=S) groups is 1. The van der Waals surface area contributed by atoms with Crippen molar-refractivity contribution in [3.05, 3.63) is 34.9 Å². The number of amides is 1. The lowest BCUT2D eigenvalue weighted by molar-refractivity contribution is -0.127. The molecule has 2 unspecified atom stereocenters. The van der Waals surface area contributed by atoms with Crippen molar-refractivity contribution in [1.82, 2.24) is 10.2 Å². The van der Waals surface area contributed by atoms with Crippen molar-refractivity contribution in [1.29, 1.82) is 0 Å². The Balaban J connectivity index is 2.13. The summed E-state index contributed by atoms with van der Waals surface area (Å²) in [4.78, 5) is 13.5. The van der Waals surface area contributed by atoms with Gasteiger partial charge in [-0.25, -0.2) is 0 Å². The highest BCUT2D eigenvalue weighted by Gasteiger charge is 2.33. The van der Waals surface area contributed by atoms with Crippen LogP contribution in [0.2, 0.25) is 5.02 Å². The van der Waals surface area contributed by atoms with Crippen molar-refractivity contribution in [2.24, 2.45) is 0 Å². The molecule has 0 saturated carbocycles. The van der Waals surface area contributed by atoms with Gasteiger partial charge in [0.25, 0.3) is 5.91 Å². The Morgan fingerprint density at radius 1 is 1.47 bits per heavy atom. The molecule has 0 radical (unpaired) electrons. The molecule has 1 fully saturated rings. The first-order valence-electron chi connectivity index (χ1n) is 5.93. The Bertz CT molecular complexity index is 492. The minimum absolute atomic E-state index is 0.0268. The fourth-order valence-corrected chi connectivity index (χ4v) is 2.46. The standard InChI is InChI=1S/C13H15ClN2O2S/c1-8-12(17)16(13(19)15-8)7-11(18-2)9-3-5-10(14)6-4-9/h3-6,8,11H,7H2,1-2H3,(H,15,19). The maximum Gasteiger partial charge on any atom is 0.251 e. The van der Waals surface area contributed by atoms with Gasteiger partial charge < -0.3 is 10.1 Å². The van der Waals surface area contributed by atoms with Gasteiger partial charge in [-0.05, 0) is 36.8 Å². The fraction of sp³-hybridized carbons (Fsp3) is 0.385. The number of benzene rings is 1. The van der Waals surface area contributed by atoms with Gasteiger partial charge in [0.2, 0.25) is 0 Å². The van der Waals surface area contributed by atoms with Gasteiger partial charge in [0.05, 0.1) is 6.54 Å². The third-order valence-corrected chi connectivity index (χ3v) is 3.69. The predicted molar refractivity (Wildman–Crippen MR) is 78.1 cm³/mol. The second-order valence-corrected chi connectivity index (χ2v) is 5.22. The summed E-state index contributed by atoms with van der Waals surface area (Å²) < 4.78 is 5.45. The van der Waals surface area contributed by atoms with Crippen LogP contribution in [0, 0.1) is 0 Å². The summed E-state index contributed by atoms with van der Waals surface area (Å²) in [6.45, 7) is 2.19. The Morgan fingerprint density at radius 3 is 2.58 bits per heavy atom. The molecule has 1 aromatic carbocycles. The van der Waals surface area contributed by atoms with E-state index in [-0.39, 0.29) is 18.1 Å². The second kappa shape index (κ2) is 5.86. The molecule has 0 bridgehead atoms. The average Bonchev–Trinajstić information content (AvgIpc) is 2.63. The number of hydrogen-bond donors (Lipinski definition) is 1. The van der Waals surface area contributed by atoms with Gasteiger partial charge in [-0.3, -0.25) is 9.69 Å². The number of methoxy groups -OCH3 is 1. The molecule has 1 saturated heterocycles. The molecule has 2 rings (SSSR count). The zero-order valence-corrected chi connectivity index (χ0v) is 12.3. The monoisotopic (exact) mass is 298 g/mol. The van der Waals surface area contributed by atoms with E-state index in [0.717, 1.165) is 5.56 Å². The molecule has 0 spiro atoms. The molecule has 1 amide bonds. The first-order chi connectivity index (χ1) is 9.02. The Morgan fingerprint density at radius 2 is 2.11 bits per heavy atom. The van der Waals surface area contributed by atoms with Gasteiger partial charge in [0.15, 0.2) is 5.11 Å². The molecule has 1 heterocycles. The molecular formula is C13H15ClN2O2S. The van der Waals surface area contributed by atoms with Crippen LogP contribution in [0.5, 0.6) is 0 Å². The van der Waals surface area contributed by atoms with Gasteiger partial charge in [-0.15, -0.1) is 0 Å². The summed E-state index contributed by atoms with van der Waals surface area (Å²) in [5.74, 6) is -0.0268. The van der Waals surface area contributed by atoms with Crippen molar-refractivity contribution in [3.8, 4) is 0 Å². The highest BCUT2D eigenvalue weighted by Crippen LogP contribution is 2.22. The van der Waals surface area contributed by atoms with E-state index in [9.17, 15) is 4.79 Å². The highest BCUT2D eigenvalue weighted by atomic mass is 35.5. The van der Waals surface area contributed by atoms with Crippen molar-refractivity contribution in [3.63, 3.8) is 0 Å². The molecule has 0 aromatic heterocycles. The fourth-order valence-electron chi connectivity index (χ4n) is 1.99. The third-order valence-electron chi connectivity index (χ3n) is 3.10. The molecule has 19 heavy (non-hydrogen) atoms. The Hall–Kier alpha value is -1.17. The molecule has 1 N–H and O–H groups in total. The number of carbonyl (C=O) groups is 1. The SMILES string of the molecule is COC(CN1C(=O)C(C)NC1=S)c1ccc(Cl)cc1.